The van der Waals surface area contributed by atoms with E-state index >= 15 is 0 Å². The minimum Gasteiger partial charge on any atom is -0.394 e. The first-order valence-electron chi connectivity index (χ1n) is 6.60. The molecule has 20 heavy (non-hydrogen) atoms. The standard InChI is InChI=1S/C13H22N4O3/c1-16(2)12-8(6-14-13(15-12)17(3)4)10-5-9(19)11(7-18)20-10/h6,9-11,18-19H,5,7H2,1-4H3/t9-,10+,11+/m0/s1. The molecule has 2 heterocycles. The number of hydrogen-bond acceptors (Lipinski definition) is 7. The van der Waals surface area contributed by atoms with Crippen molar-refractivity contribution in [3.05, 3.63) is 11.8 Å². The molecule has 7 heteroatoms. The maximum Gasteiger partial charge on any atom is 0.226 e. The van der Waals surface area contributed by atoms with E-state index in [4.69, 9.17) is 9.84 Å². The Morgan fingerprint density at radius 2 is 2.00 bits per heavy atom. The quantitative estimate of drug-likeness (QED) is 0.791. The lowest BCUT2D eigenvalue weighted by molar-refractivity contribution is -0.0225. The second kappa shape index (κ2) is 5.90. The van der Waals surface area contributed by atoms with Crippen LogP contribution in [0, 0.1) is 0 Å². The Morgan fingerprint density at radius 3 is 2.50 bits per heavy atom. The van der Waals surface area contributed by atoms with Crippen LogP contribution in [0.2, 0.25) is 0 Å². The minimum atomic E-state index is -0.659. The summed E-state index contributed by atoms with van der Waals surface area (Å²) in [5, 5.41) is 19.0. The number of aromatic nitrogens is 2. The van der Waals surface area contributed by atoms with Gasteiger partial charge in [-0.2, -0.15) is 4.98 Å². The van der Waals surface area contributed by atoms with E-state index in [2.05, 4.69) is 9.97 Å². The third-order valence-corrected chi connectivity index (χ3v) is 3.36. The van der Waals surface area contributed by atoms with Gasteiger partial charge in [-0.15, -0.1) is 0 Å². The van der Waals surface area contributed by atoms with Crippen LogP contribution in [-0.2, 0) is 4.74 Å². The van der Waals surface area contributed by atoms with Gasteiger partial charge in [0.2, 0.25) is 5.95 Å². The molecule has 0 unspecified atom stereocenters. The van der Waals surface area contributed by atoms with Gasteiger partial charge >= 0.3 is 0 Å². The number of ether oxygens (including phenoxy) is 1. The topological polar surface area (TPSA) is 82.0 Å². The number of rotatable bonds is 4. The Balaban J connectivity index is 2.32. The molecule has 1 saturated heterocycles. The molecule has 1 aliphatic heterocycles. The van der Waals surface area contributed by atoms with Gasteiger partial charge in [0.05, 0.1) is 18.8 Å². The molecule has 2 N–H and O–H groups in total. The van der Waals surface area contributed by atoms with Crippen molar-refractivity contribution in [2.75, 3.05) is 44.6 Å². The number of aliphatic hydroxyl groups excluding tert-OH is 2. The first kappa shape index (κ1) is 15.0. The minimum absolute atomic E-state index is 0.189. The zero-order valence-electron chi connectivity index (χ0n) is 12.3. The number of nitrogens with zero attached hydrogens (tertiary/aromatic N) is 4. The molecule has 0 spiro atoms. The smallest absolute Gasteiger partial charge is 0.226 e. The van der Waals surface area contributed by atoms with Crippen molar-refractivity contribution in [3.8, 4) is 0 Å². The van der Waals surface area contributed by atoms with E-state index in [0.29, 0.717) is 12.4 Å². The van der Waals surface area contributed by atoms with Crippen molar-refractivity contribution in [2.45, 2.75) is 24.7 Å². The third kappa shape index (κ3) is 2.84. The van der Waals surface area contributed by atoms with E-state index in [9.17, 15) is 5.11 Å². The first-order valence-corrected chi connectivity index (χ1v) is 6.60. The van der Waals surface area contributed by atoms with Crippen LogP contribution in [0.25, 0.3) is 0 Å². The molecular weight excluding hydrogens is 260 g/mol. The summed E-state index contributed by atoms with van der Waals surface area (Å²) >= 11 is 0. The van der Waals surface area contributed by atoms with Crippen LogP contribution in [0.5, 0.6) is 0 Å². The number of aliphatic hydroxyl groups is 2. The summed E-state index contributed by atoms with van der Waals surface area (Å²) in [7, 11) is 7.57. The molecule has 1 aliphatic rings. The van der Waals surface area contributed by atoms with Crippen molar-refractivity contribution in [2.24, 2.45) is 0 Å². The Bertz CT molecular complexity index is 467. The second-order valence-electron chi connectivity index (χ2n) is 5.39. The van der Waals surface area contributed by atoms with Crippen LogP contribution in [0.3, 0.4) is 0 Å². The summed E-state index contributed by atoms with van der Waals surface area (Å²) in [6, 6.07) is 0. The van der Waals surface area contributed by atoms with E-state index in [0.717, 1.165) is 11.4 Å². The first-order chi connectivity index (χ1) is 9.43. The molecule has 7 nitrogen and oxygen atoms in total. The number of hydrogen-bond donors (Lipinski definition) is 2. The highest BCUT2D eigenvalue weighted by atomic mass is 16.5. The van der Waals surface area contributed by atoms with Gasteiger partial charge in [-0.05, 0) is 0 Å². The predicted octanol–water partition coefficient (Wildman–Crippen LogP) is -0.208. The SMILES string of the molecule is CN(C)c1ncc([C@H]2C[C@H](O)[C@@H](CO)O2)c(N(C)C)n1. The summed E-state index contributed by atoms with van der Waals surface area (Å²) < 4.78 is 5.68. The van der Waals surface area contributed by atoms with E-state index in [1.165, 1.54) is 0 Å². The fraction of sp³-hybridized carbons (Fsp3) is 0.692. The van der Waals surface area contributed by atoms with Crippen molar-refractivity contribution >= 4 is 11.8 Å². The highest BCUT2D eigenvalue weighted by Gasteiger charge is 2.36. The van der Waals surface area contributed by atoms with Crippen molar-refractivity contribution < 1.29 is 14.9 Å². The lowest BCUT2D eigenvalue weighted by Crippen LogP contribution is -2.24. The fourth-order valence-electron chi connectivity index (χ4n) is 2.27. The molecule has 0 aliphatic carbocycles. The normalized spacial score (nSPS) is 25.8. The molecule has 0 aromatic carbocycles. The van der Waals surface area contributed by atoms with Gasteiger partial charge in [-0.3, -0.25) is 0 Å². The van der Waals surface area contributed by atoms with Gasteiger partial charge in [0, 0.05) is 46.4 Å². The molecule has 1 aromatic rings. The monoisotopic (exact) mass is 282 g/mol. The molecule has 3 atom stereocenters. The highest BCUT2D eigenvalue weighted by molar-refractivity contribution is 5.50. The van der Waals surface area contributed by atoms with Gasteiger partial charge in [0.25, 0.3) is 0 Å². The second-order valence-corrected chi connectivity index (χ2v) is 5.39. The van der Waals surface area contributed by atoms with E-state index in [-0.39, 0.29) is 12.7 Å². The van der Waals surface area contributed by atoms with Crippen molar-refractivity contribution in [1.82, 2.24) is 9.97 Å². The van der Waals surface area contributed by atoms with Crippen LogP contribution in [0.4, 0.5) is 11.8 Å². The van der Waals surface area contributed by atoms with Crippen molar-refractivity contribution in [3.63, 3.8) is 0 Å². The van der Waals surface area contributed by atoms with Crippen LogP contribution in [0.15, 0.2) is 6.20 Å². The molecule has 0 amide bonds. The van der Waals surface area contributed by atoms with E-state index in [1.54, 1.807) is 6.20 Å². The fourth-order valence-corrected chi connectivity index (χ4v) is 2.27. The molecule has 1 aromatic heterocycles. The lowest BCUT2D eigenvalue weighted by atomic mass is 10.1. The Hall–Kier alpha value is -1.44. The maximum absolute atomic E-state index is 9.85. The average Bonchev–Trinajstić information content (AvgIpc) is 2.79. The molecule has 2 rings (SSSR count). The van der Waals surface area contributed by atoms with Gasteiger partial charge in [0.1, 0.15) is 11.9 Å². The maximum atomic E-state index is 9.85. The Labute approximate surface area is 118 Å². The molecule has 0 saturated carbocycles. The molecule has 0 radical (unpaired) electrons. The molecule has 1 fully saturated rings. The summed E-state index contributed by atoms with van der Waals surface area (Å²) in [5.74, 6) is 1.38. The van der Waals surface area contributed by atoms with Crippen LogP contribution in [0.1, 0.15) is 18.1 Å². The van der Waals surface area contributed by atoms with Crippen LogP contribution in [-0.4, -0.2) is 67.2 Å². The highest BCUT2D eigenvalue weighted by Crippen LogP contribution is 2.36. The number of anilines is 2. The summed E-state index contributed by atoms with van der Waals surface area (Å²) in [4.78, 5) is 12.5. The predicted molar refractivity (Wildman–Crippen MR) is 76.0 cm³/mol. The van der Waals surface area contributed by atoms with Gasteiger partial charge in [-0.25, -0.2) is 4.98 Å². The summed E-state index contributed by atoms with van der Waals surface area (Å²) in [6.45, 7) is -0.189. The van der Waals surface area contributed by atoms with Crippen LogP contribution >= 0.6 is 0 Å². The van der Waals surface area contributed by atoms with Gasteiger partial charge in [-0.1, -0.05) is 0 Å². The Morgan fingerprint density at radius 1 is 1.30 bits per heavy atom. The lowest BCUT2D eigenvalue weighted by Gasteiger charge is -2.22. The average molecular weight is 282 g/mol. The molecule has 0 bridgehead atoms. The largest absolute Gasteiger partial charge is 0.394 e. The zero-order chi connectivity index (χ0) is 14.9. The Kier molecular flexibility index (Phi) is 4.42. The molecular formula is C13H22N4O3. The third-order valence-electron chi connectivity index (χ3n) is 3.36. The van der Waals surface area contributed by atoms with Gasteiger partial charge in [0.15, 0.2) is 0 Å². The van der Waals surface area contributed by atoms with E-state index < -0.39 is 12.2 Å². The van der Waals surface area contributed by atoms with E-state index in [1.807, 2.05) is 38.0 Å². The van der Waals surface area contributed by atoms with Gasteiger partial charge < -0.3 is 24.7 Å². The summed E-state index contributed by atoms with van der Waals surface area (Å²) in [5.41, 5.74) is 0.829. The molecule has 112 valence electrons. The summed E-state index contributed by atoms with van der Waals surface area (Å²) in [6.07, 6.45) is 0.679. The van der Waals surface area contributed by atoms with Crippen LogP contribution < -0.4 is 9.80 Å². The zero-order valence-corrected chi connectivity index (χ0v) is 12.3. The van der Waals surface area contributed by atoms with Crippen molar-refractivity contribution in [1.29, 1.82) is 0 Å².